The van der Waals surface area contributed by atoms with Gasteiger partial charge in [0, 0.05) is 6.07 Å². The third-order valence-electron chi connectivity index (χ3n) is 3.59. The first kappa shape index (κ1) is 14.2. The summed E-state index contributed by atoms with van der Waals surface area (Å²) in [6.07, 6.45) is 8.34. The topological polar surface area (TPSA) is 80.6 Å². The summed E-state index contributed by atoms with van der Waals surface area (Å²) in [5.74, 6) is 0.711. The molecule has 3 rings (SSSR count). The van der Waals surface area contributed by atoms with Crippen LogP contribution in [-0.4, -0.2) is 19.5 Å². The summed E-state index contributed by atoms with van der Waals surface area (Å²) < 4.78 is 4.15. The van der Waals surface area contributed by atoms with E-state index in [0.29, 0.717) is 23.4 Å². The smallest absolute Gasteiger partial charge is 0.297 e. The Morgan fingerprint density at radius 2 is 2.32 bits per heavy atom. The van der Waals surface area contributed by atoms with Crippen molar-refractivity contribution in [2.24, 2.45) is 0 Å². The lowest BCUT2D eigenvalue weighted by Gasteiger charge is -1.93. The van der Waals surface area contributed by atoms with Gasteiger partial charge in [-0.2, -0.15) is 0 Å². The highest BCUT2D eigenvalue weighted by molar-refractivity contribution is 5.84. The Bertz CT molecular complexity index is 805. The number of unbranched alkanes of at least 4 members (excludes halogenated alkanes) is 1. The Morgan fingerprint density at radius 3 is 3.09 bits per heavy atom. The van der Waals surface area contributed by atoms with E-state index in [-0.39, 0.29) is 5.69 Å². The normalized spacial score (nSPS) is 11.1. The van der Waals surface area contributed by atoms with Crippen molar-refractivity contribution in [3.05, 3.63) is 52.9 Å². The molecular weight excluding hydrogens is 282 g/mol. The molecule has 3 aromatic rings. The molecule has 0 bridgehead atoms. The number of non-ortho nitro benzene ring substituents is 1. The summed E-state index contributed by atoms with van der Waals surface area (Å²) in [7, 11) is 0. The third-order valence-corrected chi connectivity index (χ3v) is 3.59. The zero-order chi connectivity index (χ0) is 15.5. The third kappa shape index (κ3) is 2.83. The number of imidazole rings is 2. The number of nitrogens with one attached hydrogen (secondary N) is 1. The number of aromatic nitrogens is 4. The maximum absolute atomic E-state index is 11.0. The van der Waals surface area contributed by atoms with Crippen LogP contribution in [0.4, 0.5) is 5.69 Å². The lowest BCUT2D eigenvalue weighted by Crippen LogP contribution is -2.32. The van der Waals surface area contributed by atoms with Crippen molar-refractivity contribution in [2.45, 2.75) is 32.9 Å². The molecule has 0 saturated heterocycles. The Morgan fingerprint density at radius 1 is 1.45 bits per heavy atom. The van der Waals surface area contributed by atoms with E-state index in [1.54, 1.807) is 12.1 Å². The Labute approximate surface area is 127 Å². The average Bonchev–Trinajstić information content (AvgIpc) is 3.10. The van der Waals surface area contributed by atoms with Gasteiger partial charge in [-0.25, -0.2) is 14.1 Å². The second kappa shape index (κ2) is 5.97. The van der Waals surface area contributed by atoms with Gasteiger partial charge in [0.05, 0.1) is 17.0 Å². The molecule has 0 aliphatic rings. The van der Waals surface area contributed by atoms with Crippen molar-refractivity contribution in [1.82, 2.24) is 14.5 Å². The fourth-order valence-electron chi connectivity index (χ4n) is 2.47. The molecule has 22 heavy (non-hydrogen) atoms. The van der Waals surface area contributed by atoms with Crippen LogP contribution >= 0.6 is 0 Å². The maximum atomic E-state index is 11.0. The number of aryl methyl sites for hydroxylation is 1. The first-order valence-electron chi connectivity index (χ1n) is 7.34. The van der Waals surface area contributed by atoms with Gasteiger partial charge < -0.3 is 4.98 Å². The predicted octanol–water partition coefficient (Wildman–Crippen LogP) is 2.41. The number of nitro groups is 1. The summed E-state index contributed by atoms with van der Waals surface area (Å²) in [6.45, 7) is 3.72. The van der Waals surface area contributed by atoms with Crippen LogP contribution in [0.5, 0.6) is 0 Å². The van der Waals surface area contributed by atoms with Gasteiger partial charge in [0.2, 0.25) is 6.33 Å². The van der Waals surface area contributed by atoms with E-state index >= 15 is 0 Å². The summed E-state index contributed by atoms with van der Waals surface area (Å²) in [6, 6.07) is 4.94. The Kier molecular flexibility index (Phi) is 3.86. The maximum Gasteiger partial charge on any atom is 0.297 e. The molecule has 7 nitrogen and oxygen atoms in total. The van der Waals surface area contributed by atoms with Crippen molar-refractivity contribution in [3.8, 4) is 0 Å². The van der Waals surface area contributed by atoms with Crippen molar-refractivity contribution >= 4 is 16.7 Å². The number of H-pyrrole nitrogens is 1. The molecule has 0 aliphatic carbocycles. The summed E-state index contributed by atoms with van der Waals surface area (Å²) in [5.41, 5.74) is 1.13. The van der Waals surface area contributed by atoms with Gasteiger partial charge in [0.15, 0.2) is 5.52 Å². The molecule has 1 N–H and O–H groups in total. The zero-order valence-corrected chi connectivity index (χ0v) is 12.4. The highest BCUT2D eigenvalue weighted by Gasteiger charge is 2.16. The zero-order valence-electron chi connectivity index (χ0n) is 12.4. The van der Waals surface area contributed by atoms with Crippen LogP contribution < -0.4 is 4.57 Å². The number of nitrogens with zero attached hydrogens (tertiary/aromatic N) is 4. The standard InChI is InChI=1S/C15H18N5O2/c1-2-3-7-18-8-9-19(11-18)10-14-16-12-5-4-6-13(20(21)22)15(12)17-14/h4-6,8-9,11H,2-3,7,10H2,1H3,(H,16,17)/q+1. The minimum Gasteiger partial charge on any atom is -0.338 e. The fraction of sp³-hybridized carbons (Fsp3) is 0.333. The minimum atomic E-state index is -0.401. The lowest BCUT2D eigenvalue weighted by molar-refractivity contribution is -0.688. The van der Waals surface area contributed by atoms with E-state index in [2.05, 4.69) is 21.5 Å². The number of hydrogen-bond acceptors (Lipinski definition) is 3. The highest BCUT2D eigenvalue weighted by atomic mass is 16.6. The van der Waals surface area contributed by atoms with Gasteiger partial charge in [-0.3, -0.25) is 10.1 Å². The SMILES string of the molecule is CCCCn1cc[n+](Cc2nc3c([N+](=O)[O-])cccc3[nH]2)c1. The molecule has 0 fully saturated rings. The van der Waals surface area contributed by atoms with Gasteiger partial charge in [0.25, 0.3) is 5.69 Å². The second-order valence-corrected chi connectivity index (χ2v) is 5.29. The van der Waals surface area contributed by atoms with E-state index in [9.17, 15) is 10.1 Å². The molecule has 0 aliphatic heterocycles. The van der Waals surface area contributed by atoms with Crippen molar-refractivity contribution in [2.75, 3.05) is 0 Å². The minimum absolute atomic E-state index is 0.0329. The molecule has 2 heterocycles. The fourth-order valence-corrected chi connectivity index (χ4v) is 2.47. The first-order valence-corrected chi connectivity index (χ1v) is 7.34. The molecule has 7 heteroatoms. The van der Waals surface area contributed by atoms with Crippen LogP contribution in [0.15, 0.2) is 36.9 Å². The largest absolute Gasteiger partial charge is 0.338 e. The van der Waals surface area contributed by atoms with E-state index in [4.69, 9.17) is 0 Å². The van der Waals surface area contributed by atoms with Crippen LogP contribution in [0.25, 0.3) is 11.0 Å². The molecule has 0 amide bonds. The number of benzene rings is 1. The predicted molar refractivity (Wildman–Crippen MR) is 81.4 cm³/mol. The highest BCUT2D eigenvalue weighted by Crippen LogP contribution is 2.22. The van der Waals surface area contributed by atoms with Crippen LogP contribution in [0.2, 0.25) is 0 Å². The van der Waals surface area contributed by atoms with Crippen LogP contribution in [0.3, 0.4) is 0 Å². The molecule has 114 valence electrons. The molecule has 1 aromatic carbocycles. The average molecular weight is 300 g/mol. The number of aromatic amines is 1. The molecule has 0 spiro atoms. The van der Waals surface area contributed by atoms with Gasteiger partial charge in [-0.1, -0.05) is 19.4 Å². The van der Waals surface area contributed by atoms with Crippen molar-refractivity contribution < 1.29 is 9.49 Å². The van der Waals surface area contributed by atoms with E-state index in [1.165, 1.54) is 6.07 Å². The van der Waals surface area contributed by atoms with Gasteiger partial charge in [-0.05, 0) is 12.5 Å². The number of hydrogen-bond donors (Lipinski definition) is 1. The van der Waals surface area contributed by atoms with Gasteiger partial charge >= 0.3 is 0 Å². The van der Waals surface area contributed by atoms with E-state index in [1.807, 2.05) is 23.3 Å². The van der Waals surface area contributed by atoms with E-state index in [0.717, 1.165) is 19.4 Å². The quantitative estimate of drug-likeness (QED) is 0.431. The summed E-state index contributed by atoms with van der Waals surface area (Å²) >= 11 is 0. The molecule has 2 aromatic heterocycles. The Balaban J connectivity index is 1.83. The molecule has 0 saturated carbocycles. The number of nitro benzene ring substituents is 1. The summed E-state index contributed by atoms with van der Waals surface area (Å²) in [5, 5.41) is 11.0. The van der Waals surface area contributed by atoms with Crippen molar-refractivity contribution in [1.29, 1.82) is 0 Å². The monoisotopic (exact) mass is 300 g/mol. The number of para-hydroxylation sites is 1. The van der Waals surface area contributed by atoms with Crippen molar-refractivity contribution in [3.63, 3.8) is 0 Å². The first-order chi connectivity index (χ1) is 10.7. The van der Waals surface area contributed by atoms with Crippen LogP contribution in [0.1, 0.15) is 25.6 Å². The molecular formula is C15H18N5O2+. The lowest BCUT2D eigenvalue weighted by atomic mass is 10.3. The molecule has 0 radical (unpaired) electrons. The number of rotatable bonds is 6. The van der Waals surface area contributed by atoms with Gasteiger partial charge in [-0.15, -0.1) is 0 Å². The van der Waals surface area contributed by atoms with Crippen LogP contribution in [0, 0.1) is 10.1 Å². The van der Waals surface area contributed by atoms with E-state index < -0.39 is 4.92 Å². The summed E-state index contributed by atoms with van der Waals surface area (Å²) in [4.78, 5) is 18.1. The molecule has 0 atom stereocenters. The Hall–Kier alpha value is -2.70. The molecule has 0 unspecified atom stereocenters. The van der Waals surface area contributed by atoms with Crippen LogP contribution in [-0.2, 0) is 13.1 Å². The van der Waals surface area contributed by atoms with Gasteiger partial charge in [0.1, 0.15) is 24.8 Å². The number of fused-ring (bicyclic) bond motifs is 1. The second-order valence-electron chi connectivity index (χ2n) is 5.29.